The first-order chi connectivity index (χ1) is 9.20. The minimum absolute atomic E-state index is 0.0725. The summed E-state index contributed by atoms with van der Waals surface area (Å²) < 4.78 is 6.29. The van der Waals surface area contributed by atoms with Crippen molar-refractivity contribution in [2.45, 2.75) is 44.9 Å². The number of benzene rings is 1. The number of hydrogen-bond donors (Lipinski definition) is 0. The van der Waals surface area contributed by atoms with E-state index in [4.69, 9.17) is 4.74 Å². The fourth-order valence-electron chi connectivity index (χ4n) is 2.89. The van der Waals surface area contributed by atoms with Gasteiger partial charge in [-0.3, -0.25) is 4.79 Å². The minimum Gasteiger partial charge on any atom is -0.466 e. The van der Waals surface area contributed by atoms with Gasteiger partial charge in [0.1, 0.15) is 0 Å². The van der Waals surface area contributed by atoms with Crippen molar-refractivity contribution in [2.24, 2.45) is 5.92 Å². The van der Waals surface area contributed by atoms with E-state index in [-0.39, 0.29) is 11.9 Å². The quantitative estimate of drug-likeness (QED) is 0.735. The van der Waals surface area contributed by atoms with Crippen LogP contribution in [0.5, 0.6) is 0 Å². The third kappa shape index (κ3) is 4.07. The van der Waals surface area contributed by atoms with E-state index in [9.17, 15) is 4.79 Å². The van der Waals surface area contributed by atoms with Gasteiger partial charge in [-0.15, -0.1) is 0 Å². The predicted octanol–water partition coefficient (Wildman–Crippen LogP) is 4.68. The third-order valence-corrected chi connectivity index (χ3v) is 4.42. The Labute approximate surface area is 123 Å². The molecule has 1 unspecified atom stereocenters. The lowest BCUT2D eigenvalue weighted by atomic mass is 9.88. The van der Waals surface area contributed by atoms with Crippen molar-refractivity contribution in [1.29, 1.82) is 0 Å². The number of ether oxygens (including phenoxy) is 1. The molecule has 1 atom stereocenters. The van der Waals surface area contributed by atoms with Gasteiger partial charge in [-0.2, -0.15) is 0 Å². The summed E-state index contributed by atoms with van der Waals surface area (Å²) >= 11 is 3.43. The average molecular weight is 325 g/mol. The van der Waals surface area contributed by atoms with Crippen LogP contribution in [0.2, 0.25) is 0 Å². The number of hydrogen-bond acceptors (Lipinski definition) is 2. The maximum absolute atomic E-state index is 12.2. The number of esters is 1. The Balaban J connectivity index is 2.12. The SMILES string of the molecule is CCOC(=O)C(CC1CCCC1)c1ccc(Br)cc1. The first-order valence-electron chi connectivity index (χ1n) is 7.12. The number of carbonyl (C=O) groups is 1. The first-order valence-corrected chi connectivity index (χ1v) is 7.92. The van der Waals surface area contributed by atoms with Crippen molar-refractivity contribution in [2.75, 3.05) is 6.61 Å². The summed E-state index contributed by atoms with van der Waals surface area (Å²) in [4.78, 5) is 12.2. The molecule has 0 heterocycles. The Hall–Kier alpha value is -0.830. The summed E-state index contributed by atoms with van der Waals surface area (Å²) in [7, 11) is 0. The van der Waals surface area contributed by atoms with E-state index < -0.39 is 0 Å². The molecule has 0 N–H and O–H groups in total. The topological polar surface area (TPSA) is 26.3 Å². The molecule has 1 aromatic carbocycles. The Kier molecular flexibility index (Phi) is 5.44. The summed E-state index contributed by atoms with van der Waals surface area (Å²) in [5, 5.41) is 0. The Morgan fingerprint density at radius 3 is 2.53 bits per heavy atom. The van der Waals surface area contributed by atoms with Gasteiger partial charge in [0, 0.05) is 4.47 Å². The van der Waals surface area contributed by atoms with E-state index in [1.165, 1.54) is 25.7 Å². The van der Waals surface area contributed by atoms with Crippen LogP contribution < -0.4 is 0 Å². The second-order valence-electron chi connectivity index (χ2n) is 5.24. The standard InChI is InChI=1S/C16H21BrO2/c1-2-19-16(18)15(11-12-5-3-4-6-12)13-7-9-14(17)10-8-13/h7-10,12,15H,2-6,11H2,1H3. The molecular formula is C16H21BrO2. The van der Waals surface area contributed by atoms with Crippen molar-refractivity contribution in [3.63, 3.8) is 0 Å². The van der Waals surface area contributed by atoms with E-state index in [0.717, 1.165) is 16.5 Å². The van der Waals surface area contributed by atoms with Crippen molar-refractivity contribution in [3.05, 3.63) is 34.3 Å². The molecule has 2 nitrogen and oxygen atoms in total. The number of carbonyl (C=O) groups excluding carboxylic acids is 1. The molecule has 104 valence electrons. The molecule has 1 aliphatic rings. The number of rotatable bonds is 5. The molecule has 1 saturated carbocycles. The zero-order valence-electron chi connectivity index (χ0n) is 11.4. The molecule has 0 spiro atoms. The fraction of sp³-hybridized carbons (Fsp3) is 0.562. The highest BCUT2D eigenvalue weighted by Crippen LogP contribution is 2.35. The highest BCUT2D eigenvalue weighted by atomic mass is 79.9. The smallest absolute Gasteiger partial charge is 0.313 e. The zero-order chi connectivity index (χ0) is 13.7. The average Bonchev–Trinajstić information content (AvgIpc) is 2.90. The predicted molar refractivity (Wildman–Crippen MR) is 80.1 cm³/mol. The molecule has 1 fully saturated rings. The van der Waals surface area contributed by atoms with E-state index in [1.807, 2.05) is 31.2 Å². The lowest BCUT2D eigenvalue weighted by Crippen LogP contribution is -2.18. The molecule has 3 heteroatoms. The Bertz CT molecular complexity index is 407. The maximum Gasteiger partial charge on any atom is 0.313 e. The van der Waals surface area contributed by atoms with Crippen LogP contribution in [-0.4, -0.2) is 12.6 Å². The lowest BCUT2D eigenvalue weighted by molar-refractivity contribution is -0.145. The Morgan fingerprint density at radius 2 is 1.95 bits per heavy atom. The van der Waals surface area contributed by atoms with Crippen LogP contribution in [0.1, 0.15) is 50.5 Å². The van der Waals surface area contributed by atoms with Gasteiger partial charge in [-0.1, -0.05) is 53.7 Å². The molecular weight excluding hydrogens is 304 g/mol. The van der Waals surface area contributed by atoms with Crippen molar-refractivity contribution in [3.8, 4) is 0 Å². The molecule has 0 amide bonds. The van der Waals surface area contributed by atoms with Gasteiger partial charge >= 0.3 is 5.97 Å². The van der Waals surface area contributed by atoms with Gasteiger partial charge in [-0.25, -0.2) is 0 Å². The van der Waals surface area contributed by atoms with Gasteiger partial charge in [0.2, 0.25) is 0 Å². The van der Waals surface area contributed by atoms with Gasteiger partial charge in [0.15, 0.2) is 0 Å². The van der Waals surface area contributed by atoms with Crippen molar-refractivity contribution < 1.29 is 9.53 Å². The summed E-state index contributed by atoms with van der Waals surface area (Å²) in [6.45, 7) is 2.32. The second kappa shape index (κ2) is 7.09. The van der Waals surface area contributed by atoms with E-state index >= 15 is 0 Å². The van der Waals surface area contributed by atoms with E-state index in [1.54, 1.807) is 0 Å². The minimum atomic E-state index is -0.101. The van der Waals surface area contributed by atoms with Crippen LogP contribution in [0.3, 0.4) is 0 Å². The van der Waals surface area contributed by atoms with Gasteiger partial charge < -0.3 is 4.74 Å². The molecule has 1 aliphatic carbocycles. The summed E-state index contributed by atoms with van der Waals surface area (Å²) in [5.74, 6) is 0.505. The van der Waals surface area contributed by atoms with E-state index in [0.29, 0.717) is 12.5 Å². The molecule has 0 aliphatic heterocycles. The summed E-state index contributed by atoms with van der Waals surface area (Å²) in [5.41, 5.74) is 1.08. The lowest BCUT2D eigenvalue weighted by Gasteiger charge is -2.19. The number of halogens is 1. The van der Waals surface area contributed by atoms with Gasteiger partial charge in [-0.05, 0) is 37.0 Å². The third-order valence-electron chi connectivity index (χ3n) is 3.89. The highest BCUT2D eigenvalue weighted by Gasteiger charge is 2.27. The zero-order valence-corrected chi connectivity index (χ0v) is 13.0. The molecule has 0 radical (unpaired) electrons. The molecule has 0 bridgehead atoms. The summed E-state index contributed by atoms with van der Waals surface area (Å²) in [6, 6.07) is 8.05. The van der Waals surface area contributed by atoms with Crippen molar-refractivity contribution >= 4 is 21.9 Å². The summed E-state index contributed by atoms with van der Waals surface area (Å²) in [6.07, 6.45) is 6.06. The normalized spacial score (nSPS) is 17.4. The maximum atomic E-state index is 12.2. The highest BCUT2D eigenvalue weighted by molar-refractivity contribution is 9.10. The fourth-order valence-corrected chi connectivity index (χ4v) is 3.15. The van der Waals surface area contributed by atoms with Crippen LogP contribution in [0.15, 0.2) is 28.7 Å². The molecule has 1 aromatic rings. The largest absolute Gasteiger partial charge is 0.466 e. The Morgan fingerprint density at radius 1 is 1.32 bits per heavy atom. The first kappa shape index (κ1) is 14.6. The van der Waals surface area contributed by atoms with Crippen LogP contribution in [-0.2, 0) is 9.53 Å². The van der Waals surface area contributed by atoms with Crippen LogP contribution in [0.25, 0.3) is 0 Å². The second-order valence-corrected chi connectivity index (χ2v) is 6.16. The van der Waals surface area contributed by atoms with Crippen LogP contribution in [0.4, 0.5) is 0 Å². The van der Waals surface area contributed by atoms with Gasteiger partial charge in [0.25, 0.3) is 0 Å². The van der Waals surface area contributed by atoms with Crippen LogP contribution >= 0.6 is 15.9 Å². The van der Waals surface area contributed by atoms with Gasteiger partial charge in [0.05, 0.1) is 12.5 Å². The monoisotopic (exact) mass is 324 g/mol. The molecule has 2 rings (SSSR count). The molecule has 19 heavy (non-hydrogen) atoms. The van der Waals surface area contributed by atoms with Crippen LogP contribution in [0, 0.1) is 5.92 Å². The van der Waals surface area contributed by atoms with Crippen molar-refractivity contribution in [1.82, 2.24) is 0 Å². The van der Waals surface area contributed by atoms with E-state index in [2.05, 4.69) is 15.9 Å². The molecule has 0 saturated heterocycles. The molecule has 0 aromatic heterocycles.